The number of hydrogen-bond donors (Lipinski definition) is 1. The van der Waals surface area contributed by atoms with Crippen molar-refractivity contribution >= 4 is 23.2 Å². The molecule has 1 N–H and O–H groups in total. The zero-order valence-corrected chi connectivity index (χ0v) is 13.4. The summed E-state index contributed by atoms with van der Waals surface area (Å²) in [5, 5.41) is 4.57. The van der Waals surface area contributed by atoms with E-state index >= 15 is 0 Å². The van der Waals surface area contributed by atoms with Crippen molar-refractivity contribution in [3.05, 3.63) is 45.7 Å². The largest absolute Gasteiger partial charge is 0.310 e. The molecule has 1 unspecified atom stereocenters. The van der Waals surface area contributed by atoms with Crippen LogP contribution in [0.5, 0.6) is 0 Å². The van der Waals surface area contributed by atoms with Gasteiger partial charge in [0, 0.05) is 29.1 Å². The van der Waals surface area contributed by atoms with Crippen LogP contribution in [0.1, 0.15) is 37.1 Å². The van der Waals surface area contributed by atoms with Crippen LogP contribution in [-0.4, -0.2) is 16.5 Å². The summed E-state index contributed by atoms with van der Waals surface area (Å²) in [5.41, 5.74) is 3.27. The van der Waals surface area contributed by atoms with Gasteiger partial charge in [-0.3, -0.25) is 0 Å². The summed E-state index contributed by atoms with van der Waals surface area (Å²) >= 11 is 12.0. The average Bonchev–Trinajstić information content (AvgIpc) is 2.50. The van der Waals surface area contributed by atoms with Crippen LogP contribution in [-0.2, 0) is 6.42 Å². The number of hydrogen-bond acceptors (Lipinski definition) is 3. The first-order valence-corrected chi connectivity index (χ1v) is 7.99. The Bertz CT molecular complexity index is 658. The molecule has 2 aromatic rings. The zero-order chi connectivity index (χ0) is 14.8. The molecule has 1 heterocycles. The lowest BCUT2D eigenvalue weighted by molar-refractivity contribution is 0.464. The molecule has 21 heavy (non-hydrogen) atoms. The smallest absolute Gasteiger partial charge is 0.159 e. The molecule has 0 bridgehead atoms. The summed E-state index contributed by atoms with van der Waals surface area (Å²) in [6.07, 6.45) is 5.26. The maximum atomic E-state index is 6.07. The van der Waals surface area contributed by atoms with Crippen molar-refractivity contribution in [2.45, 2.75) is 32.2 Å². The lowest BCUT2D eigenvalue weighted by atomic mass is 9.92. The average molecular weight is 322 g/mol. The fraction of sp³-hybridized carbons (Fsp3) is 0.375. The zero-order valence-electron chi connectivity index (χ0n) is 11.9. The van der Waals surface area contributed by atoms with E-state index in [1.165, 1.54) is 5.56 Å². The maximum absolute atomic E-state index is 6.07. The van der Waals surface area contributed by atoms with E-state index in [2.05, 4.69) is 17.2 Å². The van der Waals surface area contributed by atoms with Crippen LogP contribution in [0.4, 0.5) is 0 Å². The topological polar surface area (TPSA) is 37.8 Å². The van der Waals surface area contributed by atoms with E-state index in [4.69, 9.17) is 28.2 Å². The predicted octanol–water partition coefficient (Wildman–Crippen LogP) is 4.44. The molecular formula is C16H17Cl2N3. The minimum Gasteiger partial charge on any atom is -0.310 e. The van der Waals surface area contributed by atoms with Crippen LogP contribution in [0, 0.1) is 0 Å². The molecule has 0 saturated heterocycles. The highest BCUT2D eigenvalue weighted by molar-refractivity contribution is 6.42. The van der Waals surface area contributed by atoms with Crippen molar-refractivity contribution in [2.24, 2.45) is 0 Å². The summed E-state index contributed by atoms with van der Waals surface area (Å²) in [7, 11) is 0. The molecule has 1 aliphatic rings. The molecule has 1 aliphatic carbocycles. The molecule has 0 radical (unpaired) electrons. The normalized spacial score (nSPS) is 17.6. The minimum absolute atomic E-state index is 0.376. The summed E-state index contributed by atoms with van der Waals surface area (Å²) in [5.74, 6) is 0.712. The number of nitrogens with one attached hydrogen (secondary N) is 1. The van der Waals surface area contributed by atoms with Gasteiger partial charge < -0.3 is 5.32 Å². The van der Waals surface area contributed by atoms with E-state index in [0.717, 1.165) is 37.1 Å². The number of benzene rings is 1. The van der Waals surface area contributed by atoms with Gasteiger partial charge >= 0.3 is 0 Å². The molecule has 110 valence electrons. The number of halogens is 2. The highest BCUT2D eigenvalue weighted by atomic mass is 35.5. The van der Waals surface area contributed by atoms with Crippen LogP contribution in [0.3, 0.4) is 0 Å². The Hall–Kier alpha value is -1.16. The second kappa shape index (κ2) is 6.30. The first-order valence-electron chi connectivity index (χ1n) is 7.23. The van der Waals surface area contributed by atoms with Gasteiger partial charge in [0.1, 0.15) is 0 Å². The Morgan fingerprint density at radius 2 is 2.14 bits per heavy atom. The van der Waals surface area contributed by atoms with Gasteiger partial charge in [0.05, 0.1) is 10.0 Å². The van der Waals surface area contributed by atoms with Crippen molar-refractivity contribution in [1.82, 2.24) is 15.3 Å². The van der Waals surface area contributed by atoms with Gasteiger partial charge in [-0.2, -0.15) is 0 Å². The summed E-state index contributed by atoms with van der Waals surface area (Å²) in [6, 6.07) is 5.88. The number of rotatable bonds is 3. The van der Waals surface area contributed by atoms with Gasteiger partial charge in [0.25, 0.3) is 0 Å². The highest BCUT2D eigenvalue weighted by Gasteiger charge is 2.21. The third kappa shape index (κ3) is 3.05. The highest BCUT2D eigenvalue weighted by Crippen LogP contribution is 2.31. The second-order valence-corrected chi connectivity index (χ2v) is 6.04. The first kappa shape index (κ1) is 14.8. The Balaban J connectivity index is 1.97. The molecule has 0 aliphatic heterocycles. The van der Waals surface area contributed by atoms with Crippen molar-refractivity contribution in [3.8, 4) is 11.4 Å². The van der Waals surface area contributed by atoms with Gasteiger partial charge in [-0.1, -0.05) is 30.1 Å². The van der Waals surface area contributed by atoms with Gasteiger partial charge in [-0.25, -0.2) is 9.97 Å². The van der Waals surface area contributed by atoms with Crippen LogP contribution in [0.25, 0.3) is 11.4 Å². The lowest BCUT2D eigenvalue weighted by Gasteiger charge is -2.25. The van der Waals surface area contributed by atoms with Crippen LogP contribution in [0.2, 0.25) is 10.0 Å². The van der Waals surface area contributed by atoms with Crippen LogP contribution < -0.4 is 5.32 Å². The molecule has 1 atom stereocenters. The second-order valence-electron chi connectivity index (χ2n) is 5.23. The minimum atomic E-state index is 0.376. The number of nitrogens with zero attached hydrogens (tertiary/aromatic N) is 2. The maximum Gasteiger partial charge on any atom is 0.159 e. The standard InChI is InChI=1S/C16H17Cl2N3/c1-2-19-14-4-3-5-15-11(14)9-20-16(21-15)10-6-7-12(17)13(18)8-10/h6-9,14,19H,2-5H2,1H3. The van der Waals surface area contributed by atoms with Crippen molar-refractivity contribution in [1.29, 1.82) is 0 Å². The molecule has 1 aromatic carbocycles. The molecule has 5 heteroatoms. The molecule has 0 saturated carbocycles. The molecule has 3 rings (SSSR count). The van der Waals surface area contributed by atoms with Gasteiger partial charge in [0.15, 0.2) is 5.82 Å². The van der Waals surface area contributed by atoms with E-state index in [9.17, 15) is 0 Å². The van der Waals surface area contributed by atoms with Gasteiger partial charge in [-0.05, 0) is 44.0 Å². The number of aryl methyl sites for hydroxylation is 1. The Morgan fingerprint density at radius 3 is 2.90 bits per heavy atom. The number of fused-ring (bicyclic) bond motifs is 1. The monoisotopic (exact) mass is 321 g/mol. The Labute approximate surface area is 134 Å². The predicted molar refractivity (Wildman–Crippen MR) is 86.8 cm³/mol. The van der Waals surface area contributed by atoms with Gasteiger partial charge in [-0.15, -0.1) is 0 Å². The van der Waals surface area contributed by atoms with E-state index in [-0.39, 0.29) is 0 Å². The van der Waals surface area contributed by atoms with Crippen LogP contribution in [0.15, 0.2) is 24.4 Å². The van der Waals surface area contributed by atoms with Crippen LogP contribution >= 0.6 is 23.2 Å². The third-order valence-corrected chi connectivity index (χ3v) is 4.55. The Morgan fingerprint density at radius 1 is 1.29 bits per heavy atom. The van der Waals surface area contributed by atoms with Crippen molar-refractivity contribution in [2.75, 3.05) is 6.54 Å². The summed E-state index contributed by atoms with van der Waals surface area (Å²) in [4.78, 5) is 9.25. The Kier molecular flexibility index (Phi) is 4.43. The fourth-order valence-corrected chi connectivity index (χ4v) is 3.08. The lowest BCUT2D eigenvalue weighted by Crippen LogP contribution is -2.25. The molecule has 1 aromatic heterocycles. The SMILES string of the molecule is CCNC1CCCc2nc(-c3ccc(Cl)c(Cl)c3)ncc21. The third-order valence-electron chi connectivity index (χ3n) is 3.81. The molecule has 3 nitrogen and oxygen atoms in total. The molecule has 0 amide bonds. The van der Waals surface area contributed by atoms with E-state index in [1.807, 2.05) is 18.3 Å². The van der Waals surface area contributed by atoms with E-state index in [0.29, 0.717) is 21.9 Å². The molecular weight excluding hydrogens is 305 g/mol. The first-order chi connectivity index (χ1) is 10.2. The quantitative estimate of drug-likeness (QED) is 0.908. The van der Waals surface area contributed by atoms with Crippen molar-refractivity contribution in [3.63, 3.8) is 0 Å². The summed E-state index contributed by atoms with van der Waals surface area (Å²) in [6.45, 7) is 3.08. The number of aromatic nitrogens is 2. The molecule has 0 spiro atoms. The van der Waals surface area contributed by atoms with E-state index < -0.39 is 0 Å². The fourth-order valence-electron chi connectivity index (χ4n) is 2.78. The van der Waals surface area contributed by atoms with Crippen molar-refractivity contribution < 1.29 is 0 Å². The van der Waals surface area contributed by atoms with Gasteiger partial charge in [0.2, 0.25) is 0 Å². The summed E-state index contributed by atoms with van der Waals surface area (Å²) < 4.78 is 0. The van der Waals surface area contributed by atoms with E-state index in [1.54, 1.807) is 6.07 Å². The molecule has 0 fully saturated rings.